The molecule has 2 nitrogen and oxygen atoms in total. The highest BCUT2D eigenvalue weighted by molar-refractivity contribution is 6.11. The molecule has 1 aliphatic rings. The van der Waals surface area contributed by atoms with E-state index in [9.17, 15) is 4.79 Å². The molecule has 18 heavy (non-hydrogen) atoms. The van der Waals surface area contributed by atoms with E-state index in [4.69, 9.17) is 0 Å². The van der Waals surface area contributed by atoms with E-state index in [2.05, 4.69) is 0 Å². The molecule has 0 bridgehead atoms. The van der Waals surface area contributed by atoms with Gasteiger partial charge in [-0.2, -0.15) is 0 Å². The monoisotopic (exact) mass is 241 g/mol. The second-order valence-corrected chi connectivity index (χ2v) is 4.88. The van der Waals surface area contributed by atoms with Crippen molar-refractivity contribution < 1.29 is 4.79 Å². The Hall–Kier alpha value is -1.83. The van der Waals surface area contributed by atoms with E-state index in [1.54, 1.807) is 0 Å². The summed E-state index contributed by atoms with van der Waals surface area (Å²) in [6.45, 7) is 0. The van der Waals surface area contributed by atoms with Gasteiger partial charge < -0.3 is 4.90 Å². The number of nitrogens with zero attached hydrogens (tertiary/aromatic N) is 1. The van der Waals surface area contributed by atoms with E-state index in [0.29, 0.717) is 0 Å². The van der Waals surface area contributed by atoms with Crippen molar-refractivity contribution in [1.29, 1.82) is 0 Å². The minimum Gasteiger partial charge on any atom is -0.383 e. The summed E-state index contributed by atoms with van der Waals surface area (Å²) in [5, 5.41) is 0. The molecular formula is C16H19NO. The smallest absolute Gasteiger partial charge is 0.186 e. The summed E-state index contributed by atoms with van der Waals surface area (Å²) in [4.78, 5) is 14.2. The molecule has 94 valence electrons. The van der Waals surface area contributed by atoms with E-state index in [-0.39, 0.29) is 5.78 Å². The maximum atomic E-state index is 12.3. The minimum atomic E-state index is 0.207. The Morgan fingerprint density at radius 1 is 1.06 bits per heavy atom. The first-order valence-corrected chi connectivity index (χ1v) is 6.34. The van der Waals surface area contributed by atoms with Crippen LogP contribution in [0, 0.1) is 0 Å². The van der Waals surface area contributed by atoms with Crippen molar-refractivity contribution in [3.05, 3.63) is 53.2 Å². The van der Waals surface area contributed by atoms with Crippen LogP contribution in [0.5, 0.6) is 0 Å². The third-order valence-electron chi connectivity index (χ3n) is 3.03. The Morgan fingerprint density at radius 2 is 1.72 bits per heavy atom. The van der Waals surface area contributed by atoms with Gasteiger partial charge in [-0.15, -0.1) is 0 Å². The third kappa shape index (κ3) is 3.10. The Bertz CT molecular complexity index is 483. The minimum absolute atomic E-state index is 0.207. The van der Waals surface area contributed by atoms with Crippen LogP contribution in [0.2, 0.25) is 0 Å². The first-order chi connectivity index (χ1) is 8.66. The maximum absolute atomic E-state index is 12.3. The zero-order valence-corrected chi connectivity index (χ0v) is 11.0. The molecule has 0 atom stereocenters. The Kier molecular flexibility index (Phi) is 3.98. The number of carbonyl (C=O) groups is 1. The summed E-state index contributed by atoms with van der Waals surface area (Å²) in [6, 6.07) is 10.0. The molecule has 0 spiro atoms. The van der Waals surface area contributed by atoms with Crippen molar-refractivity contribution >= 4 is 11.9 Å². The highest BCUT2D eigenvalue weighted by atomic mass is 16.1. The Balaban J connectivity index is 2.24. The Morgan fingerprint density at radius 3 is 2.39 bits per heavy atom. The first kappa shape index (κ1) is 12.6. The van der Waals surface area contributed by atoms with Crippen LogP contribution in [0.15, 0.2) is 47.7 Å². The van der Waals surface area contributed by atoms with Crippen molar-refractivity contribution in [3.8, 4) is 0 Å². The lowest BCUT2D eigenvalue weighted by Crippen LogP contribution is -2.15. The van der Waals surface area contributed by atoms with E-state index in [1.165, 1.54) is 0 Å². The molecule has 0 saturated heterocycles. The van der Waals surface area contributed by atoms with Crippen molar-refractivity contribution in [1.82, 2.24) is 4.90 Å². The second-order valence-electron chi connectivity index (χ2n) is 4.88. The molecular weight excluding hydrogens is 222 g/mol. The van der Waals surface area contributed by atoms with Gasteiger partial charge in [-0.25, -0.2) is 0 Å². The second kappa shape index (κ2) is 5.67. The SMILES string of the molecule is CN(C)C=C1CCCC(=Cc2ccccc2)C1=O. The van der Waals surface area contributed by atoms with Gasteiger partial charge in [-0.3, -0.25) is 4.79 Å². The molecule has 2 heteroatoms. The molecule has 0 amide bonds. The molecule has 1 saturated carbocycles. The summed E-state index contributed by atoms with van der Waals surface area (Å²) < 4.78 is 0. The molecule has 1 fully saturated rings. The van der Waals surface area contributed by atoms with Crippen LogP contribution in [-0.4, -0.2) is 24.8 Å². The molecule has 0 heterocycles. The van der Waals surface area contributed by atoms with Gasteiger partial charge in [0, 0.05) is 31.4 Å². The molecule has 2 rings (SSSR count). The fourth-order valence-corrected chi connectivity index (χ4v) is 2.23. The quantitative estimate of drug-likeness (QED) is 0.741. The van der Waals surface area contributed by atoms with Crippen LogP contribution >= 0.6 is 0 Å². The number of hydrogen-bond acceptors (Lipinski definition) is 2. The first-order valence-electron chi connectivity index (χ1n) is 6.34. The summed E-state index contributed by atoms with van der Waals surface area (Å²) in [5.41, 5.74) is 2.96. The van der Waals surface area contributed by atoms with Gasteiger partial charge in [0.15, 0.2) is 5.78 Å². The Labute approximate surface area is 109 Å². The molecule has 0 aromatic heterocycles. The average molecular weight is 241 g/mol. The van der Waals surface area contributed by atoms with Crippen LogP contribution in [0.25, 0.3) is 6.08 Å². The summed E-state index contributed by atoms with van der Waals surface area (Å²) in [7, 11) is 3.91. The normalized spacial score (nSPS) is 20.4. The predicted octanol–water partition coefficient (Wildman–Crippen LogP) is 3.27. The molecule has 0 radical (unpaired) electrons. The largest absolute Gasteiger partial charge is 0.383 e. The topological polar surface area (TPSA) is 20.3 Å². The van der Waals surface area contributed by atoms with Gasteiger partial charge in [0.1, 0.15) is 0 Å². The van der Waals surface area contributed by atoms with Crippen molar-refractivity contribution in [2.45, 2.75) is 19.3 Å². The van der Waals surface area contributed by atoms with Crippen molar-refractivity contribution in [2.75, 3.05) is 14.1 Å². The zero-order chi connectivity index (χ0) is 13.0. The number of Topliss-reactive ketones (excluding diaryl/α,β-unsaturated/α-hetero) is 1. The molecule has 0 N–H and O–H groups in total. The van der Waals surface area contributed by atoms with Crippen LogP contribution in [0.4, 0.5) is 0 Å². The van der Waals surface area contributed by atoms with Gasteiger partial charge in [0.05, 0.1) is 0 Å². The van der Waals surface area contributed by atoms with Gasteiger partial charge in [-0.1, -0.05) is 30.3 Å². The van der Waals surface area contributed by atoms with Gasteiger partial charge in [0.2, 0.25) is 0 Å². The fourth-order valence-electron chi connectivity index (χ4n) is 2.23. The number of carbonyl (C=O) groups excluding carboxylic acids is 1. The maximum Gasteiger partial charge on any atom is 0.186 e. The number of ketones is 1. The third-order valence-corrected chi connectivity index (χ3v) is 3.03. The van der Waals surface area contributed by atoms with Crippen LogP contribution in [0.1, 0.15) is 24.8 Å². The number of hydrogen-bond donors (Lipinski definition) is 0. The lowest BCUT2D eigenvalue weighted by atomic mass is 9.88. The standard InChI is InChI=1S/C16H19NO/c1-17(2)12-15-10-6-9-14(16(15)18)11-13-7-4-3-5-8-13/h3-5,7-8,11-12H,6,9-10H2,1-2H3. The van der Waals surface area contributed by atoms with Gasteiger partial charge in [0.25, 0.3) is 0 Å². The lowest BCUT2D eigenvalue weighted by Gasteiger charge is -2.18. The van der Waals surface area contributed by atoms with E-state index in [0.717, 1.165) is 36.0 Å². The zero-order valence-electron chi connectivity index (χ0n) is 11.0. The highest BCUT2D eigenvalue weighted by Gasteiger charge is 2.20. The van der Waals surface area contributed by atoms with E-state index < -0.39 is 0 Å². The van der Waals surface area contributed by atoms with Crippen molar-refractivity contribution in [3.63, 3.8) is 0 Å². The fraction of sp³-hybridized carbons (Fsp3) is 0.312. The average Bonchev–Trinajstić information content (AvgIpc) is 2.35. The van der Waals surface area contributed by atoms with Gasteiger partial charge >= 0.3 is 0 Å². The lowest BCUT2D eigenvalue weighted by molar-refractivity contribution is -0.113. The van der Waals surface area contributed by atoms with Crippen molar-refractivity contribution in [2.24, 2.45) is 0 Å². The number of rotatable bonds is 2. The predicted molar refractivity (Wildman–Crippen MR) is 75.0 cm³/mol. The molecule has 1 aromatic carbocycles. The molecule has 1 aliphatic carbocycles. The summed E-state index contributed by atoms with van der Waals surface area (Å²) in [6.07, 6.45) is 6.80. The highest BCUT2D eigenvalue weighted by Crippen LogP contribution is 2.26. The number of allylic oxidation sites excluding steroid dienone is 2. The summed E-state index contributed by atoms with van der Waals surface area (Å²) >= 11 is 0. The van der Waals surface area contributed by atoms with E-state index >= 15 is 0 Å². The van der Waals surface area contributed by atoms with Crippen LogP contribution in [0.3, 0.4) is 0 Å². The molecule has 0 aliphatic heterocycles. The summed E-state index contributed by atoms with van der Waals surface area (Å²) in [5.74, 6) is 0.207. The van der Waals surface area contributed by atoms with Crippen LogP contribution in [-0.2, 0) is 4.79 Å². The van der Waals surface area contributed by atoms with E-state index in [1.807, 2.05) is 61.6 Å². The van der Waals surface area contributed by atoms with Gasteiger partial charge in [-0.05, 0) is 30.9 Å². The van der Waals surface area contributed by atoms with Crippen LogP contribution < -0.4 is 0 Å². The molecule has 0 unspecified atom stereocenters. The molecule has 1 aromatic rings. The number of benzene rings is 1.